The lowest BCUT2D eigenvalue weighted by Gasteiger charge is -2.12. The first-order valence-corrected chi connectivity index (χ1v) is 6.23. The second-order valence-corrected chi connectivity index (χ2v) is 5.25. The average molecular weight is 228 g/mol. The maximum absolute atomic E-state index is 10.8. The third kappa shape index (κ3) is 2.19. The van der Waals surface area contributed by atoms with Gasteiger partial charge in [0.2, 0.25) is 5.44 Å². The van der Waals surface area contributed by atoms with Gasteiger partial charge in [-0.3, -0.25) is 4.55 Å². The number of rotatable bonds is 3. The molecule has 0 bridgehead atoms. The van der Waals surface area contributed by atoms with Crippen LogP contribution in [0.5, 0.6) is 0 Å². The molecule has 1 aromatic carbocycles. The Hall–Kier alpha value is -0.910. The summed E-state index contributed by atoms with van der Waals surface area (Å²) in [4.78, 5) is 0. The molecule has 0 heterocycles. The molecule has 0 aliphatic heterocycles. The number of benzene rings is 1. The summed E-state index contributed by atoms with van der Waals surface area (Å²) in [7, 11) is -4.43. The highest BCUT2D eigenvalue weighted by Gasteiger charge is 2.31. The predicted octanol–water partition coefficient (Wildman–Crippen LogP) is 1.44. The van der Waals surface area contributed by atoms with Gasteiger partial charge in [0.15, 0.2) is 0 Å². The van der Waals surface area contributed by atoms with E-state index in [-0.39, 0.29) is 0 Å². The molecule has 1 saturated carbocycles. The molecule has 1 fully saturated rings. The van der Waals surface area contributed by atoms with Crippen molar-refractivity contribution in [2.75, 3.05) is 0 Å². The van der Waals surface area contributed by atoms with E-state index in [2.05, 4.69) is 0 Å². The number of aliphatic hydroxyl groups is 1. The van der Waals surface area contributed by atoms with Crippen molar-refractivity contribution < 1.29 is 18.1 Å². The lowest BCUT2D eigenvalue weighted by molar-refractivity contribution is 0.237. The summed E-state index contributed by atoms with van der Waals surface area (Å²) < 4.78 is 30.5. The van der Waals surface area contributed by atoms with E-state index in [1.807, 2.05) is 0 Å². The number of aliphatic hydroxyl groups excluding tert-OH is 1. The summed E-state index contributed by atoms with van der Waals surface area (Å²) in [6, 6.07) is 6.77. The molecule has 0 spiro atoms. The highest BCUT2D eigenvalue weighted by molar-refractivity contribution is 7.85. The standard InChI is InChI=1S/C10H12O4S/c11-10(15(12,13)14)9-4-2-1-3-8(9)7-5-6-7/h1-4,7,10-11H,5-6H2,(H,12,13,14). The molecule has 1 unspecified atom stereocenters. The van der Waals surface area contributed by atoms with E-state index in [9.17, 15) is 13.5 Å². The van der Waals surface area contributed by atoms with Crippen molar-refractivity contribution in [1.82, 2.24) is 0 Å². The first-order chi connectivity index (χ1) is 7.00. The van der Waals surface area contributed by atoms with Crippen LogP contribution in [-0.2, 0) is 10.1 Å². The lowest BCUT2D eigenvalue weighted by Crippen LogP contribution is -2.13. The van der Waals surface area contributed by atoms with E-state index < -0.39 is 15.6 Å². The minimum Gasteiger partial charge on any atom is -0.371 e. The van der Waals surface area contributed by atoms with Crippen LogP contribution in [0.3, 0.4) is 0 Å². The SMILES string of the molecule is O=S(=O)(O)C(O)c1ccccc1C1CC1. The molecule has 1 aliphatic rings. The van der Waals surface area contributed by atoms with Crippen LogP contribution >= 0.6 is 0 Å². The maximum Gasteiger partial charge on any atom is 0.296 e. The molecule has 1 aromatic rings. The molecule has 2 N–H and O–H groups in total. The Bertz CT molecular complexity index is 462. The van der Waals surface area contributed by atoms with Crippen LogP contribution in [0.1, 0.15) is 35.3 Å². The van der Waals surface area contributed by atoms with Crippen molar-refractivity contribution in [2.24, 2.45) is 0 Å². The van der Waals surface area contributed by atoms with Crippen LogP contribution in [-0.4, -0.2) is 18.1 Å². The van der Waals surface area contributed by atoms with Gasteiger partial charge in [-0.15, -0.1) is 0 Å². The van der Waals surface area contributed by atoms with Gasteiger partial charge in [0.05, 0.1) is 0 Å². The van der Waals surface area contributed by atoms with Crippen LogP contribution < -0.4 is 0 Å². The van der Waals surface area contributed by atoms with E-state index >= 15 is 0 Å². The van der Waals surface area contributed by atoms with Crippen LogP contribution in [0.25, 0.3) is 0 Å². The van der Waals surface area contributed by atoms with Gasteiger partial charge < -0.3 is 5.11 Å². The third-order valence-electron chi connectivity index (χ3n) is 2.56. The normalized spacial score (nSPS) is 18.8. The van der Waals surface area contributed by atoms with E-state index in [1.54, 1.807) is 18.2 Å². The zero-order chi connectivity index (χ0) is 11.1. The van der Waals surface area contributed by atoms with Crippen LogP contribution in [0.4, 0.5) is 0 Å². The first-order valence-electron chi connectivity index (χ1n) is 4.73. The maximum atomic E-state index is 10.8. The summed E-state index contributed by atoms with van der Waals surface area (Å²) in [5.41, 5.74) is -0.709. The van der Waals surface area contributed by atoms with Gasteiger partial charge in [0.1, 0.15) is 0 Å². The van der Waals surface area contributed by atoms with Gasteiger partial charge in [-0.1, -0.05) is 24.3 Å². The molecule has 2 rings (SSSR count). The quantitative estimate of drug-likeness (QED) is 0.768. The van der Waals surface area contributed by atoms with Gasteiger partial charge in [0, 0.05) is 5.56 Å². The van der Waals surface area contributed by atoms with Gasteiger partial charge >= 0.3 is 0 Å². The third-order valence-corrected chi connectivity index (χ3v) is 3.38. The fourth-order valence-corrected chi connectivity index (χ4v) is 2.20. The molecule has 1 aliphatic carbocycles. The predicted molar refractivity (Wildman–Crippen MR) is 54.9 cm³/mol. The van der Waals surface area contributed by atoms with Crippen LogP contribution in [0.15, 0.2) is 24.3 Å². The number of hydrogen-bond acceptors (Lipinski definition) is 3. The summed E-state index contributed by atoms with van der Waals surface area (Å²) in [5, 5.41) is 9.48. The molecule has 0 amide bonds. The molecule has 0 aromatic heterocycles. The highest BCUT2D eigenvalue weighted by atomic mass is 32.2. The Morgan fingerprint density at radius 2 is 1.87 bits per heavy atom. The van der Waals surface area contributed by atoms with Crippen molar-refractivity contribution in [2.45, 2.75) is 24.2 Å². The van der Waals surface area contributed by atoms with Crippen molar-refractivity contribution in [3.63, 3.8) is 0 Å². The summed E-state index contributed by atoms with van der Waals surface area (Å²) in [6.07, 6.45) is 2.02. The minimum atomic E-state index is -4.43. The molecule has 15 heavy (non-hydrogen) atoms. The molecular weight excluding hydrogens is 216 g/mol. The number of hydrogen-bond donors (Lipinski definition) is 2. The molecular formula is C10H12O4S. The monoisotopic (exact) mass is 228 g/mol. The van der Waals surface area contributed by atoms with E-state index in [0.29, 0.717) is 11.5 Å². The van der Waals surface area contributed by atoms with Crippen molar-refractivity contribution in [1.29, 1.82) is 0 Å². The van der Waals surface area contributed by atoms with Gasteiger partial charge in [-0.05, 0) is 24.3 Å². The lowest BCUT2D eigenvalue weighted by atomic mass is 10.0. The smallest absolute Gasteiger partial charge is 0.296 e. The van der Waals surface area contributed by atoms with Crippen LogP contribution in [0, 0.1) is 0 Å². The van der Waals surface area contributed by atoms with E-state index in [4.69, 9.17) is 4.55 Å². The second-order valence-electron chi connectivity index (χ2n) is 3.77. The Kier molecular flexibility index (Phi) is 2.54. The zero-order valence-electron chi connectivity index (χ0n) is 8.00. The Balaban J connectivity index is 2.43. The summed E-state index contributed by atoms with van der Waals surface area (Å²) in [6.45, 7) is 0. The van der Waals surface area contributed by atoms with Gasteiger partial charge in [0.25, 0.3) is 10.1 Å². The summed E-state index contributed by atoms with van der Waals surface area (Å²) in [5.74, 6) is 0.331. The molecule has 0 saturated heterocycles. The van der Waals surface area contributed by atoms with Gasteiger partial charge in [-0.25, -0.2) is 0 Å². The van der Waals surface area contributed by atoms with E-state index in [1.165, 1.54) is 6.07 Å². The van der Waals surface area contributed by atoms with Crippen molar-refractivity contribution in [3.8, 4) is 0 Å². The minimum absolute atomic E-state index is 0.294. The molecule has 1 atom stereocenters. The molecule has 5 heteroatoms. The van der Waals surface area contributed by atoms with Crippen LogP contribution in [0.2, 0.25) is 0 Å². The molecule has 82 valence electrons. The largest absolute Gasteiger partial charge is 0.371 e. The van der Waals surface area contributed by atoms with Crippen molar-refractivity contribution in [3.05, 3.63) is 35.4 Å². The van der Waals surface area contributed by atoms with E-state index in [0.717, 1.165) is 18.4 Å². The Morgan fingerprint density at radius 3 is 2.40 bits per heavy atom. The highest BCUT2D eigenvalue weighted by Crippen LogP contribution is 2.43. The fourth-order valence-electron chi connectivity index (χ4n) is 1.66. The zero-order valence-corrected chi connectivity index (χ0v) is 8.81. The second kappa shape index (κ2) is 3.59. The fraction of sp³-hybridized carbons (Fsp3) is 0.400. The van der Waals surface area contributed by atoms with Crippen molar-refractivity contribution >= 4 is 10.1 Å². The summed E-state index contributed by atoms with van der Waals surface area (Å²) >= 11 is 0. The molecule has 4 nitrogen and oxygen atoms in total. The topological polar surface area (TPSA) is 74.6 Å². The molecule has 0 radical (unpaired) electrons. The average Bonchev–Trinajstić information content (AvgIpc) is 2.98. The Morgan fingerprint density at radius 1 is 1.27 bits per heavy atom. The first kappa shape index (κ1) is 10.6. The Labute approximate surface area is 88.3 Å². The van der Waals surface area contributed by atoms with Gasteiger partial charge in [-0.2, -0.15) is 8.42 Å².